The van der Waals surface area contributed by atoms with Crippen LogP contribution in [0.2, 0.25) is 0 Å². The summed E-state index contributed by atoms with van der Waals surface area (Å²) in [6.07, 6.45) is 0.738. The van der Waals surface area contributed by atoms with E-state index >= 15 is 0 Å². The van der Waals surface area contributed by atoms with Crippen molar-refractivity contribution in [3.8, 4) is 0 Å². The molecule has 1 rings (SSSR count). The minimum atomic E-state index is -3.94. The molecule has 7 heteroatoms. The molecule has 5 nitrogen and oxygen atoms in total. The molecule has 0 amide bonds. The minimum absolute atomic E-state index is 0. The summed E-state index contributed by atoms with van der Waals surface area (Å²) in [6.45, 7) is 0.194. The summed E-state index contributed by atoms with van der Waals surface area (Å²) in [5.41, 5.74) is 1.35. The molecule has 0 saturated heterocycles. The van der Waals surface area contributed by atoms with Crippen molar-refractivity contribution in [1.82, 2.24) is 0 Å². The fourth-order valence-corrected chi connectivity index (χ4v) is 1.69. The van der Waals surface area contributed by atoms with E-state index in [1.165, 1.54) is 0 Å². The molecule has 0 heterocycles. The summed E-state index contributed by atoms with van der Waals surface area (Å²) < 4.78 is 29.7. The predicted octanol–water partition coefficient (Wildman–Crippen LogP) is 0.442. The molecule has 0 aliphatic rings. The average Bonchev–Trinajstić information content (AvgIpc) is 2.25. The first-order chi connectivity index (χ1) is 7.42. The third kappa shape index (κ3) is 6.18. The van der Waals surface area contributed by atoms with Gasteiger partial charge in [-0.1, -0.05) is 0 Å². The largest absolute Gasteiger partial charge is 0.373 e. The zero-order valence-corrected chi connectivity index (χ0v) is 12.6. The molecule has 0 aliphatic heterocycles. The third-order valence-electron chi connectivity index (χ3n) is 2.15. The Morgan fingerprint density at radius 1 is 1.29 bits per heavy atom. The molecule has 1 aromatic rings. The number of rotatable bonds is 5. The fraction of sp³-hybridized carbons (Fsp3) is 0.300. The summed E-state index contributed by atoms with van der Waals surface area (Å²) >= 11 is 0. The SMILES string of the molecule is CN(CCS(=O)(=O)O)c1ccc(C=O)cc1.[Na]. The van der Waals surface area contributed by atoms with Crippen LogP contribution >= 0.6 is 0 Å². The van der Waals surface area contributed by atoms with Crippen LogP contribution in [0.1, 0.15) is 10.4 Å². The maximum atomic E-state index is 10.6. The normalized spacial score (nSPS) is 10.5. The Morgan fingerprint density at radius 2 is 1.82 bits per heavy atom. The van der Waals surface area contributed by atoms with E-state index in [9.17, 15) is 13.2 Å². The number of hydrogen-bond acceptors (Lipinski definition) is 4. The van der Waals surface area contributed by atoms with Crippen LogP contribution in [-0.4, -0.2) is 68.2 Å². The number of hydrogen-bond donors (Lipinski definition) is 1. The van der Waals surface area contributed by atoms with Gasteiger partial charge in [0.1, 0.15) is 6.29 Å². The average molecular weight is 266 g/mol. The van der Waals surface area contributed by atoms with Crippen LogP contribution in [0.15, 0.2) is 24.3 Å². The van der Waals surface area contributed by atoms with Gasteiger partial charge >= 0.3 is 0 Å². The summed E-state index contributed by atoms with van der Waals surface area (Å²) in [5, 5.41) is 0. The van der Waals surface area contributed by atoms with Crippen molar-refractivity contribution >= 4 is 51.6 Å². The van der Waals surface area contributed by atoms with Crippen molar-refractivity contribution in [2.24, 2.45) is 0 Å². The maximum Gasteiger partial charge on any atom is 0.266 e. The second-order valence-electron chi connectivity index (χ2n) is 3.42. The van der Waals surface area contributed by atoms with Gasteiger partial charge in [-0.3, -0.25) is 9.35 Å². The Hall–Kier alpha value is -0.400. The van der Waals surface area contributed by atoms with Crippen LogP contribution < -0.4 is 4.90 Å². The number of nitrogens with zero attached hydrogens (tertiary/aromatic N) is 1. The van der Waals surface area contributed by atoms with E-state index < -0.39 is 10.1 Å². The zero-order chi connectivity index (χ0) is 12.2. The second kappa shape index (κ2) is 7.13. The smallest absolute Gasteiger partial charge is 0.266 e. The molecule has 17 heavy (non-hydrogen) atoms. The summed E-state index contributed by atoms with van der Waals surface area (Å²) in [5.74, 6) is -0.321. The van der Waals surface area contributed by atoms with E-state index in [2.05, 4.69) is 0 Å². The van der Waals surface area contributed by atoms with E-state index in [0.29, 0.717) is 5.56 Å². The van der Waals surface area contributed by atoms with Crippen LogP contribution in [0, 0.1) is 0 Å². The first-order valence-corrected chi connectivity index (χ1v) is 6.25. The Bertz CT molecular complexity index is 458. The van der Waals surface area contributed by atoms with Gasteiger partial charge < -0.3 is 4.90 Å². The van der Waals surface area contributed by atoms with Crippen molar-refractivity contribution in [3.63, 3.8) is 0 Å². The van der Waals surface area contributed by atoms with Crippen molar-refractivity contribution in [2.45, 2.75) is 0 Å². The first kappa shape index (κ1) is 16.6. The van der Waals surface area contributed by atoms with Gasteiger partial charge in [0.25, 0.3) is 10.1 Å². The van der Waals surface area contributed by atoms with Gasteiger partial charge in [0, 0.05) is 54.4 Å². The van der Waals surface area contributed by atoms with E-state index in [4.69, 9.17) is 4.55 Å². The number of carbonyl (C=O) groups is 1. The van der Waals surface area contributed by atoms with Crippen molar-refractivity contribution < 1.29 is 17.8 Å². The van der Waals surface area contributed by atoms with Gasteiger partial charge in [-0.25, -0.2) is 0 Å². The summed E-state index contributed by atoms with van der Waals surface area (Å²) in [4.78, 5) is 12.1. The number of benzene rings is 1. The molecule has 0 bridgehead atoms. The minimum Gasteiger partial charge on any atom is -0.373 e. The Kier molecular flexibility index (Phi) is 6.96. The van der Waals surface area contributed by atoms with Crippen molar-refractivity contribution in [2.75, 3.05) is 24.2 Å². The number of aldehydes is 1. The van der Waals surface area contributed by atoms with E-state index in [1.807, 2.05) is 0 Å². The molecular weight excluding hydrogens is 253 g/mol. The molecule has 1 radical (unpaired) electrons. The molecule has 1 N–H and O–H groups in total. The zero-order valence-electron chi connectivity index (χ0n) is 9.83. The Balaban J connectivity index is 0.00000256. The number of carbonyl (C=O) groups excluding carboxylic acids is 1. The molecule has 89 valence electrons. The number of anilines is 1. The molecule has 0 fully saturated rings. The third-order valence-corrected chi connectivity index (χ3v) is 2.85. The Morgan fingerprint density at radius 3 is 2.24 bits per heavy atom. The van der Waals surface area contributed by atoms with Gasteiger partial charge in [0.2, 0.25) is 0 Å². The maximum absolute atomic E-state index is 10.6. The van der Waals surface area contributed by atoms with Crippen molar-refractivity contribution in [3.05, 3.63) is 29.8 Å². The van der Waals surface area contributed by atoms with E-state index in [0.717, 1.165) is 12.0 Å². The standard InChI is InChI=1S/C10H13NO4S.Na/c1-11(6-7-16(13,14)15)10-4-2-9(8-12)3-5-10;/h2-5,8H,6-7H2,1H3,(H,13,14,15);. The second-order valence-corrected chi connectivity index (χ2v) is 4.99. The van der Waals surface area contributed by atoms with Crippen molar-refractivity contribution in [1.29, 1.82) is 0 Å². The summed E-state index contributed by atoms with van der Waals surface area (Å²) in [6, 6.07) is 6.72. The quantitative estimate of drug-likeness (QED) is 0.475. The van der Waals surface area contributed by atoms with Gasteiger partial charge in [-0.05, 0) is 24.3 Å². The molecule has 0 aromatic heterocycles. The molecular formula is C10H13NNaO4S. The molecule has 0 unspecified atom stereocenters. The molecule has 1 aromatic carbocycles. The molecule has 0 aliphatic carbocycles. The predicted molar refractivity (Wildman–Crippen MR) is 67.3 cm³/mol. The fourth-order valence-electron chi connectivity index (χ4n) is 1.19. The van der Waals surface area contributed by atoms with Gasteiger partial charge in [-0.2, -0.15) is 8.42 Å². The van der Waals surface area contributed by atoms with Crippen LogP contribution in [0.25, 0.3) is 0 Å². The van der Waals surface area contributed by atoms with Crippen LogP contribution in [-0.2, 0) is 10.1 Å². The molecule has 0 spiro atoms. The van der Waals surface area contributed by atoms with Crippen LogP contribution in [0.3, 0.4) is 0 Å². The van der Waals surface area contributed by atoms with Gasteiger partial charge in [-0.15, -0.1) is 0 Å². The van der Waals surface area contributed by atoms with E-state index in [-0.39, 0.29) is 41.9 Å². The topological polar surface area (TPSA) is 74.7 Å². The monoisotopic (exact) mass is 266 g/mol. The van der Waals surface area contributed by atoms with E-state index in [1.54, 1.807) is 36.2 Å². The Labute approximate surface area is 123 Å². The van der Waals surface area contributed by atoms with Crippen LogP contribution in [0.5, 0.6) is 0 Å². The van der Waals surface area contributed by atoms with Gasteiger partial charge in [0.05, 0.1) is 5.75 Å². The molecule has 0 saturated carbocycles. The first-order valence-electron chi connectivity index (χ1n) is 4.64. The molecule has 0 atom stereocenters. The summed E-state index contributed by atoms with van der Waals surface area (Å²) in [7, 11) is -2.23. The van der Waals surface area contributed by atoms with Gasteiger partial charge in [0.15, 0.2) is 0 Å². The van der Waals surface area contributed by atoms with Crippen LogP contribution in [0.4, 0.5) is 5.69 Å².